The van der Waals surface area contributed by atoms with Crippen LogP contribution in [0.2, 0.25) is 0 Å². The second-order valence-corrected chi connectivity index (χ2v) is 7.85. The lowest BCUT2D eigenvalue weighted by molar-refractivity contribution is -0.152. The van der Waals surface area contributed by atoms with Crippen molar-refractivity contribution in [1.82, 2.24) is 9.80 Å². The number of piperazine rings is 1. The van der Waals surface area contributed by atoms with E-state index in [0.29, 0.717) is 13.1 Å². The van der Waals surface area contributed by atoms with E-state index in [1.165, 1.54) is 37.4 Å². The molecule has 0 radical (unpaired) electrons. The zero-order valence-corrected chi connectivity index (χ0v) is 17.7. The number of fused-ring (bicyclic) bond motifs is 1. The van der Waals surface area contributed by atoms with Gasteiger partial charge in [-0.25, -0.2) is 0 Å². The second-order valence-electron chi connectivity index (χ2n) is 7.85. The summed E-state index contributed by atoms with van der Waals surface area (Å²) in [6.45, 7) is 3.12. The highest BCUT2D eigenvalue weighted by atomic mass is 19.4. The van der Waals surface area contributed by atoms with Crippen molar-refractivity contribution in [3.05, 3.63) is 57.9 Å². The SMILES string of the molecule is COc1ccccc1-c1c(C(F)(F)F)oc2c(CN3CCN(C)CC3)c(O)ccc2c1=O. The van der Waals surface area contributed by atoms with Gasteiger partial charge in [0.05, 0.1) is 23.6 Å². The maximum Gasteiger partial charge on any atom is 0.450 e. The predicted octanol–water partition coefficient (Wildman–Crippen LogP) is 3.94. The van der Waals surface area contributed by atoms with Crippen molar-refractivity contribution in [2.45, 2.75) is 12.7 Å². The normalized spacial score (nSPS) is 15.9. The van der Waals surface area contributed by atoms with Crippen LogP contribution in [0.15, 0.2) is 45.6 Å². The van der Waals surface area contributed by atoms with Gasteiger partial charge in [0.25, 0.3) is 0 Å². The zero-order chi connectivity index (χ0) is 23.0. The molecule has 32 heavy (non-hydrogen) atoms. The molecule has 0 amide bonds. The van der Waals surface area contributed by atoms with Crippen molar-refractivity contribution in [3.8, 4) is 22.6 Å². The maximum absolute atomic E-state index is 14.1. The Bertz CT molecular complexity index is 1200. The van der Waals surface area contributed by atoms with Crippen LogP contribution in [0, 0.1) is 0 Å². The van der Waals surface area contributed by atoms with Gasteiger partial charge in [-0.15, -0.1) is 0 Å². The smallest absolute Gasteiger partial charge is 0.450 e. The van der Waals surface area contributed by atoms with E-state index in [1.807, 2.05) is 11.9 Å². The number of nitrogens with zero attached hydrogens (tertiary/aromatic N) is 2. The standard InChI is InChI=1S/C23H23F3N2O4/c1-27-9-11-28(12-10-27)13-16-17(29)8-7-15-20(30)19(14-5-3-4-6-18(14)31-2)22(23(24,25)26)32-21(15)16/h3-8,29H,9-13H2,1-2H3. The topological polar surface area (TPSA) is 66.2 Å². The minimum absolute atomic E-state index is 0.00772. The van der Waals surface area contributed by atoms with Crippen LogP contribution >= 0.6 is 0 Å². The molecule has 0 spiro atoms. The van der Waals surface area contributed by atoms with E-state index in [0.717, 1.165) is 13.1 Å². The number of rotatable bonds is 4. The number of phenolic OH excluding ortho intramolecular Hbond substituents is 1. The molecule has 0 bridgehead atoms. The molecule has 4 rings (SSSR count). The summed E-state index contributed by atoms with van der Waals surface area (Å²) in [4.78, 5) is 17.5. The summed E-state index contributed by atoms with van der Waals surface area (Å²) < 4.78 is 52.8. The molecular formula is C23H23F3N2O4. The Morgan fingerprint density at radius 2 is 1.78 bits per heavy atom. The van der Waals surface area contributed by atoms with Crippen LogP contribution < -0.4 is 10.2 Å². The molecule has 2 heterocycles. The number of methoxy groups -OCH3 is 1. The van der Waals surface area contributed by atoms with Crippen LogP contribution in [0.25, 0.3) is 22.1 Å². The molecule has 170 valence electrons. The summed E-state index contributed by atoms with van der Waals surface area (Å²) in [5, 5.41) is 10.4. The lowest BCUT2D eigenvalue weighted by Crippen LogP contribution is -2.43. The molecule has 1 aromatic heterocycles. The third kappa shape index (κ3) is 4.05. The first-order chi connectivity index (χ1) is 15.2. The molecule has 6 nitrogen and oxygen atoms in total. The summed E-state index contributed by atoms with van der Waals surface area (Å²) in [6.07, 6.45) is -4.93. The molecule has 0 aliphatic carbocycles. The fraction of sp³-hybridized carbons (Fsp3) is 0.348. The molecular weight excluding hydrogens is 425 g/mol. The Balaban J connectivity index is 1.95. The zero-order valence-electron chi connectivity index (χ0n) is 17.7. The van der Waals surface area contributed by atoms with Crippen molar-refractivity contribution in [2.75, 3.05) is 40.3 Å². The van der Waals surface area contributed by atoms with Crippen LogP contribution in [-0.4, -0.2) is 55.2 Å². The minimum Gasteiger partial charge on any atom is -0.507 e. The van der Waals surface area contributed by atoms with E-state index in [1.54, 1.807) is 6.07 Å². The van der Waals surface area contributed by atoms with Gasteiger partial charge in [0, 0.05) is 38.3 Å². The van der Waals surface area contributed by atoms with Gasteiger partial charge in [0.2, 0.25) is 11.2 Å². The molecule has 1 N–H and O–H groups in total. The number of hydrogen-bond acceptors (Lipinski definition) is 6. The van der Waals surface area contributed by atoms with Crippen LogP contribution in [0.5, 0.6) is 11.5 Å². The van der Waals surface area contributed by atoms with Gasteiger partial charge < -0.3 is 19.2 Å². The van der Waals surface area contributed by atoms with E-state index in [-0.39, 0.29) is 40.1 Å². The van der Waals surface area contributed by atoms with Crippen LogP contribution in [-0.2, 0) is 12.7 Å². The van der Waals surface area contributed by atoms with Gasteiger partial charge in [-0.05, 0) is 25.2 Å². The highest BCUT2D eigenvalue weighted by Gasteiger charge is 2.40. The fourth-order valence-electron chi connectivity index (χ4n) is 3.98. The Kier molecular flexibility index (Phi) is 5.87. The van der Waals surface area contributed by atoms with E-state index < -0.39 is 22.9 Å². The average molecular weight is 448 g/mol. The first-order valence-electron chi connectivity index (χ1n) is 10.1. The molecule has 3 aromatic rings. The number of aromatic hydroxyl groups is 1. The summed E-state index contributed by atoms with van der Waals surface area (Å²) >= 11 is 0. The van der Waals surface area contributed by atoms with Gasteiger partial charge in [-0.3, -0.25) is 9.69 Å². The Morgan fingerprint density at radius 1 is 1.09 bits per heavy atom. The van der Waals surface area contributed by atoms with Gasteiger partial charge in [-0.1, -0.05) is 18.2 Å². The van der Waals surface area contributed by atoms with Gasteiger partial charge >= 0.3 is 6.18 Å². The van der Waals surface area contributed by atoms with E-state index in [4.69, 9.17) is 9.15 Å². The van der Waals surface area contributed by atoms with Crippen molar-refractivity contribution in [3.63, 3.8) is 0 Å². The van der Waals surface area contributed by atoms with Crippen LogP contribution in [0.1, 0.15) is 11.3 Å². The van der Waals surface area contributed by atoms with Crippen molar-refractivity contribution < 1.29 is 27.4 Å². The lowest BCUT2D eigenvalue weighted by Gasteiger charge is -2.32. The quantitative estimate of drug-likeness (QED) is 0.652. The number of likely N-dealkylation sites (N-methyl/N-ethyl adjacent to an activating group) is 1. The summed E-state index contributed by atoms with van der Waals surface area (Å²) in [5.74, 6) is -1.50. The molecule has 1 fully saturated rings. The first kappa shape index (κ1) is 22.2. The van der Waals surface area contributed by atoms with E-state index in [2.05, 4.69) is 4.90 Å². The number of ether oxygens (including phenoxy) is 1. The van der Waals surface area contributed by atoms with Crippen molar-refractivity contribution >= 4 is 11.0 Å². The Labute approximate surface area is 182 Å². The number of alkyl halides is 3. The molecule has 0 unspecified atom stereocenters. The third-order valence-corrected chi connectivity index (χ3v) is 5.75. The molecule has 0 saturated carbocycles. The Hall–Kier alpha value is -3.04. The van der Waals surface area contributed by atoms with Crippen molar-refractivity contribution in [2.24, 2.45) is 0 Å². The molecule has 2 aromatic carbocycles. The number of benzene rings is 2. The number of phenols is 1. The minimum atomic E-state index is -4.93. The lowest BCUT2D eigenvalue weighted by atomic mass is 9.99. The van der Waals surface area contributed by atoms with Crippen molar-refractivity contribution in [1.29, 1.82) is 0 Å². The monoisotopic (exact) mass is 448 g/mol. The highest BCUT2D eigenvalue weighted by Crippen LogP contribution is 2.41. The predicted molar refractivity (Wildman–Crippen MR) is 114 cm³/mol. The fourth-order valence-corrected chi connectivity index (χ4v) is 3.98. The molecule has 1 saturated heterocycles. The summed E-state index contributed by atoms with van der Waals surface area (Å²) in [5.41, 5.74) is -1.53. The van der Waals surface area contributed by atoms with E-state index in [9.17, 15) is 23.1 Å². The van der Waals surface area contributed by atoms with E-state index >= 15 is 0 Å². The number of hydrogen-bond donors (Lipinski definition) is 1. The molecule has 0 atom stereocenters. The highest BCUT2D eigenvalue weighted by molar-refractivity contribution is 5.87. The van der Waals surface area contributed by atoms with Crippen LogP contribution in [0.3, 0.4) is 0 Å². The van der Waals surface area contributed by atoms with Gasteiger partial charge in [0.1, 0.15) is 17.1 Å². The Morgan fingerprint density at radius 3 is 2.44 bits per heavy atom. The average Bonchev–Trinajstić information content (AvgIpc) is 2.76. The molecule has 9 heteroatoms. The van der Waals surface area contributed by atoms with Gasteiger partial charge in [0.15, 0.2) is 0 Å². The second kappa shape index (κ2) is 8.48. The first-order valence-corrected chi connectivity index (χ1v) is 10.1. The number of halogens is 3. The maximum atomic E-state index is 14.1. The van der Waals surface area contributed by atoms with Crippen LogP contribution in [0.4, 0.5) is 13.2 Å². The van der Waals surface area contributed by atoms with Gasteiger partial charge in [-0.2, -0.15) is 13.2 Å². The molecule has 1 aliphatic heterocycles. The summed E-state index contributed by atoms with van der Waals surface area (Å²) in [6, 6.07) is 8.61. The number of para-hydroxylation sites is 1. The summed E-state index contributed by atoms with van der Waals surface area (Å²) in [7, 11) is 3.31. The molecule has 1 aliphatic rings. The largest absolute Gasteiger partial charge is 0.507 e. The third-order valence-electron chi connectivity index (χ3n) is 5.75.